The van der Waals surface area contributed by atoms with Crippen LogP contribution in [0.4, 0.5) is 10.5 Å². The number of aryl methyl sites for hydroxylation is 1. The summed E-state index contributed by atoms with van der Waals surface area (Å²) in [5.74, 6) is -0.192. The maximum absolute atomic E-state index is 12.9. The van der Waals surface area contributed by atoms with Gasteiger partial charge in [0, 0.05) is 21.3 Å². The molecule has 0 bridgehead atoms. The van der Waals surface area contributed by atoms with Crippen LogP contribution in [0.15, 0.2) is 64.0 Å². The van der Waals surface area contributed by atoms with Gasteiger partial charge in [0.25, 0.3) is 11.1 Å². The summed E-state index contributed by atoms with van der Waals surface area (Å²) in [4.78, 5) is 39.0. The number of thioether (sulfide) groups is 1. The quantitative estimate of drug-likeness (QED) is 0.261. The number of halogens is 3. The van der Waals surface area contributed by atoms with Gasteiger partial charge in [-0.15, -0.1) is 0 Å². The number of nitrogens with one attached hydrogen (secondary N) is 1. The van der Waals surface area contributed by atoms with Crippen LogP contribution in [0.3, 0.4) is 0 Å². The molecule has 0 spiro atoms. The molecule has 3 amide bonds. The molecule has 3 aromatic rings. The van der Waals surface area contributed by atoms with Gasteiger partial charge in [-0.05, 0) is 82.2 Å². The van der Waals surface area contributed by atoms with E-state index in [9.17, 15) is 14.4 Å². The number of carbonyl (C=O) groups is 3. The van der Waals surface area contributed by atoms with E-state index in [0.717, 1.165) is 27.8 Å². The number of hydrogen-bond donors (Lipinski definition) is 1. The molecule has 1 aliphatic rings. The number of hydrogen-bond acceptors (Lipinski definition) is 6. The number of ether oxygens (including phenoxy) is 2. The lowest BCUT2D eigenvalue weighted by Gasteiger charge is -2.14. The van der Waals surface area contributed by atoms with E-state index in [1.807, 2.05) is 25.1 Å². The van der Waals surface area contributed by atoms with Crippen LogP contribution < -0.4 is 14.8 Å². The number of rotatable bonds is 8. The van der Waals surface area contributed by atoms with Crippen molar-refractivity contribution in [3.63, 3.8) is 0 Å². The van der Waals surface area contributed by atoms with Crippen molar-refractivity contribution in [2.24, 2.45) is 0 Å². The summed E-state index contributed by atoms with van der Waals surface area (Å²) in [5.41, 5.74) is 2.75. The van der Waals surface area contributed by atoms with Gasteiger partial charge in [0.05, 0.1) is 16.5 Å². The summed E-state index contributed by atoms with van der Waals surface area (Å²) in [5, 5.41) is 3.21. The minimum atomic E-state index is -0.564. The Morgan fingerprint density at radius 2 is 1.87 bits per heavy atom. The van der Waals surface area contributed by atoms with Crippen molar-refractivity contribution in [2.45, 2.75) is 13.5 Å². The largest absolute Gasteiger partial charge is 0.493 e. The Hall–Kier alpha value is -2.98. The third-order valence-corrected chi connectivity index (χ3v) is 7.78. The maximum Gasteiger partial charge on any atom is 0.294 e. The lowest BCUT2D eigenvalue weighted by atomic mass is 10.1. The molecule has 4 rings (SSSR count). The summed E-state index contributed by atoms with van der Waals surface area (Å²) in [6.45, 7) is 1.65. The van der Waals surface area contributed by atoms with Gasteiger partial charge in [-0.3, -0.25) is 19.3 Å². The second kappa shape index (κ2) is 12.3. The summed E-state index contributed by atoms with van der Waals surface area (Å²) >= 11 is 16.6. The minimum absolute atomic E-state index is 0.180. The van der Waals surface area contributed by atoms with E-state index in [1.54, 1.807) is 42.5 Å². The van der Waals surface area contributed by atoms with Crippen LogP contribution in [-0.4, -0.2) is 35.6 Å². The highest BCUT2D eigenvalue weighted by atomic mass is 79.9. The molecule has 0 atom stereocenters. The molecule has 0 unspecified atom stereocenters. The number of benzene rings is 3. The number of imide groups is 1. The smallest absolute Gasteiger partial charge is 0.294 e. The van der Waals surface area contributed by atoms with E-state index in [2.05, 4.69) is 21.2 Å². The zero-order valence-electron chi connectivity index (χ0n) is 20.2. The first-order valence-electron chi connectivity index (χ1n) is 11.2. The van der Waals surface area contributed by atoms with Gasteiger partial charge in [0.2, 0.25) is 5.91 Å². The molecule has 7 nitrogen and oxygen atoms in total. The standard InChI is InChI=1S/C27H21BrCl2N2O5S/c1-15-7-8-18(12-21(15)30)31-24(33)13-32-26(34)23(38-27(32)35)11-16-9-19(28)25(22(10-16)36-2)37-14-17-5-3-4-6-20(17)29/h3-12H,13-14H2,1-2H3,(H,31,33)/b23-11+. The summed E-state index contributed by atoms with van der Waals surface area (Å²) in [6, 6.07) is 15.9. The molecule has 1 fully saturated rings. The average molecular weight is 636 g/mol. The van der Waals surface area contributed by atoms with Crippen molar-refractivity contribution in [1.82, 2.24) is 4.90 Å². The SMILES string of the molecule is COc1cc(/C=C2/SC(=O)N(CC(=O)Nc3ccc(C)c(Cl)c3)C2=O)cc(Br)c1OCc1ccccc1Cl. The van der Waals surface area contributed by atoms with Crippen LogP contribution in [0.1, 0.15) is 16.7 Å². The van der Waals surface area contributed by atoms with Crippen LogP contribution >= 0.6 is 50.9 Å². The number of carbonyl (C=O) groups excluding carboxylic acids is 3. The van der Waals surface area contributed by atoms with E-state index in [4.69, 9.17) is 32.7 Å². The summed E-state index contributed by atoms with van der Waals surface area (Å²) in [7, 11) is 1.50. The third kappa shape index (κ3) is 6.53. The van der Waals surface area contributed by atoms with Gasteiger partial charge < -0.3 is 14.8 Å². The molecule has 1 heterocycles. The van der Waals surface area contributed by atoms with Crippen molar-refractivity contribution in [2.75, 3.05) is 19.0 Å². The molecule has 1 N–H and O–H groups in total. The Morgan fingerprint density at radius 3 is 2.58 bits per heavy atom. The molecular weight excluding hydrogens is 615 g/mol. The molecule has 3 aromatic carbocycles. The Balaban J connectivity index is 1.47. The fourth-order valence-electron chi connectivity index (χ4n) is 3.53. The van der Waals surface area contributed by atoms with Gasteiger partial charge in [-0.25, -0.2) is 0 Å². The molecule has 1 aliphatic heterocycles. The topological polar surface area (TPSA) is 84.9 Å². The second-order valence-electron chi connectivity index (χ2n) is 8.19. The van der Waals surface area contributed by atoms with Crippen LogP contribution in [-0.2, 0) is 16.2 Å². The molecule has 196 valence electrons. The maximum atomic E-state index is 12.9. The van der Waals surface area contributed by atoms with Gasteiger partial charge in [0.15, 0.2) is 11.5 Å². The first kappa shape index (κ1) is 28.0. The van der Waals surface area contributed by atoms with Gasteiger partial charge in [0.1, 0.15) is 13.2 Å². The number of methoxy groups -OCH3 is 1. The van der Waals surface area contributed by atoms with Crippen molar-refractivity contribution < 1.29 is 23.9 Å². The van der Waals surface area contributed by atoms with E-state index in [0.29, 0.717) is 37.3 Å². The highest BCUT2D eigenvalue weighted by Crippen LogP contribution is 2.39. The van der Waals surface area contributed by atoms with Gasteiger partial charge >= 0.3 is 0 Å². The highest BCUT2D eigenvalue weighted by Gasteiger charge is 2.36. The Labute approximate surface area is 242 Å². The average Bonchev–Trinajstić information content (AvgIpc) is 3.13. The van der Waals surface area contributed by atoms with Crippen LogP contribution in [0.5, 0.6) is 11.5 Å². The van der Waals surface area contributed by atoms with E-state index in [-0.39, 0.29) is 11.5 Å². The van der Waals surface area contributed by atoms with Gasteiger partial charge in [-0.1, -0.05) is 47.5 Å². The zero-order chi connectivity index (χ0) is 27.4. The first-order chi connectivity index (χ1) is 18.2. The Morgan fingerprint density at radius 1 is 1.11 bits per heavy atom. The van der Waals surface area contributed by atoms with Crippen LogP contribution in [0.25, 0.3) is 6.08 Å². The molecule has 11 heteroatoms. The lowest BCUT2D eigenvalue weighted by Crippen LogP contribution is -2.36. The number of nitrogens with zero attached hydrogens (tertiary/aromatic N) is 1. The summed E-state index contributed by atoms with van der Waals surface area (Å²) in [6.07, 6.45) is 1.56. The Kier molecular flexibility index (Phi) is 9.04. The predicted molar refractivity (Wildman–Crippen MR) is 154 cm³/mol. The van der Waals surface area contributed by atoms with Crippen molar-refractivity contribution in [3.05, 3.63) is 90.7 Å². The number of amides is 3. The third-order valence-electron chi connectivity index (χ3n) is 5.51. The lowest BCUT2D eigenvalue weighted by molar-refractivity contribution is -0.127. The monoisotopic (exact) mass is 634 g/mol. The second-order valence-corrected chi connectivity index (χ2v) is 10.9. The van der Waals surface area contributed by atoms with Crippen molar-refractivity contribution in [3.8, 4) is 11.5 Å². The van der Waals surface area contributed by atoms with E-state index in [1.165, 1.54) is 7.11 Å². The van der Waals surface area contributed by atoms with Gasteiger partial charge in [-0.2, -0.15) is 0 Å². The van der Waals surface area contributed by atoms with E-state index >= 15 is 0 Å². The molecule has 0 aliphatic carbocycles. The minimum Gasteiger partial charge on any atom is -0.493 e. The molecule has 0 aromatic heterocycles. The molecule has 0 saturated carbocycles. The first-order valence-corrected chi connectivity index (χ1v) is 13.6. The fourth-order valence-corrected chi connectivity index (χ4v) is 5.31. The predicted octanol–water partition coefficient (Wildman–Crippen LogP) is 7.33. The van der Waals surface area contributed by atoms with Crippen LogP contribution in [0, 0.1) is 6.92 Å². The zero-order valence-corrected chi connectivity index (χ0v) is 24.1. The molecule has 0 radical (unpaired) electrons. The van der Waals surface area contributed by atoms with E-state index < -0.39 is 23.6 Å². The van der Waals surface area contributed by atoms with Crippen molar-refractivity contribution >= 4 is 79.7 Å². The van der Waals surface area contributed by atoms with Crippen LogP contribution in [0.2, 0.25) is 10.0 Å². The fraction of sp³-hybridized carbons (Fsp3) is 0.148. The molecule has 1 saturated heterocycles. The Bertz CT molecular complexity index is 1460. The molecular formula is C27H21BrCl2N2O5S. The molecule has 38 heavy (non-hydrogen) atoms. The highest BCUT2D eigenvalue weighted by molar-refractivity contribution is 9.10. The van der Waals surface area contributed by atoms with Crippen molar-refractivity contribution in [1.29, 1.82) is 0 Å². The summed E-state index contributed by atoms with van der Waals surface area (Å²) < 4.78 is 12.0. The normalized spacial score (nSPS) is 14.2. The number of anilines is 1.